The molecule has 0 aliphatic carbocycles. The van der Waals surface area contributed by atoms with Crippen molar-refractivity contribution >= 4 is 0 Å². The molecular formula is C12H26N2O. The number of methoxy groups -OCH3 is 1. The molecule has 1 saturated heterocycles. The molecule has 0 aromatic carbocycles. The van der Waals surface area contributed by atoms with Gasteiger partial charge in [0.25, 0.3) is 0 Å². The van der Waals surface area contributed by atoms with Gasteiger partial charge >= 0.3 is 0 Å². The lowest BCUT2D eigenvalue weighted by atomic mass is 9.95. The van der Waals surface area contributed by atoms with Crippen LogP contribution in [0.25, 0.3) is 0 Å². The molecule has 90 valence electrons. The third-order valence-electron chi connectivity index (χ3n) is 3.54. The van der Waals surface area contributed by atoms with Crippen LogP contribution in [0.5, 0.6) is 0 Å². The fourth-order valence-corrected chi connectivity index (χ4v) is 2.25. The van der Waals surface area contributed by atoms with Crippen LogP contribution in [-0.4, -0.2) is 50.3 Å². The summed E-state index contributed by atoms with van der Waals surface area (Å²) in [5.74, 6) is 0.706. The summed E-state index contributed by atoms with van der Waals surface area (Å²) in [5.41, 5.74) is 0. The molecule has 1 heterocycles. The second kappa shape index (κ2) is 6.46. The third kappa shape index (κ3) is 3.74. The van der Waals surface area contributed by atoms with Gasteiger partial charge in [0.05, 0.1) is 6.10 Å². The summed E-state index contributed by atoms with van der Waals surface area (Å²) in [6.45, 7) is 11.2. The molecule has 15 heavy (non-hydrogen) atoms. The Morgan fingerprint density at radius 2 is 2.27 bits per heavy atom. The second-order valence-electron chi connectivity index (χ2n) is 4.69. The van der Waals surface area contributed by atoms with E-state index in [0.29, 0.717) is 18.1 Å². The van der Waals surface area contributed by atoms with Crippen molar-refractivity contribution in [2.75, 3.05) is 33.3 Å². The molecule has 3 unspecified atom stereocenters. The first-order valence-electron chi connectivity index (χ1n) is 6.16. The smallest absolute Gasteiger partial charge is 0.0724 e. The maximum Gasteiger partial charge on any atom is 0.0724 e. The largest absolute Gasteiger partial charge is 0.380 e. The van der Waals surface area contributed by atoms with Gasteiger partial charge in [-0.15, -0.1) is 0 Å². The zero-order valence-electron chi connectivity index (χ0n) is 10.6. The predicted octanol–water partition coefficient (Wildman–Crippen LogP) is 1.34. The number of rotatable bonds is 5. The first kappa shape index (κ1) is 12.9. The van der Waals surface area contributed by atoms with Crippen molar-refractivity contribution in [3.05, 3.63) is 0 Å². The minimum atomic E-state index is 0.419. The lowest BCUT2D eigenvalue weighted by Gasteiger charge is -2.39. The molecule has 1 aliphatic heterocycles. The molecule has 1 aliphatic rings. The number of piperidine rings is 1. The number of likely N-dealkylation sites (tertiary alicyclic amines) is 1. The summed E-state index contributed by atoms with van der Waals surface area (Å²) < 4.78 is 5.53. The van der Waals surface area contributed by atoms with Crippen LogP contribution in [0.1, 0.15) is 27.2 Å². The molecule has 3 atom stereocenters. The summed E-state index contributed by atoms with van der Waals surface area (Å²) in [4.78, 5) is 2.54. The van der Waals surface area contributed by atoms with E-state index in [4.69, 9.17) is 4.74 Å². The summed E-state index contributed by atoms with van der Waals surface area (Å²) in [6, 6.07) is 0.620. The van der Waals surface area contributed by atoms with Crippen LogP contribution in [0, 0.1) is 5.92 Å². The van der Waals surface area contributed by atoms with E-state index in [0.717, 1.165) is 19.6 Å². The second-order valence-corrected chi connectivity index (χ2v) is 4.69. The van der Waals surface area contributed by atoms with Gasteiger partial charge in [-0.25, -0.2) is 0 Å². The lowest BCUT2D eigenvalue weighted by Crippen LogP contribution is -2.50. The van der Waals surface area contributed by atoms with E-state index in [1.807, 2.05) is 7.11 Å². The van der Waals surface area contributed by atoms with Crippen LogP contribution in [-0.2, 0) is 4.74 Å². The Morgan fingerprint density at radius 3 is 2.87 bits per heavy atom. The highest BCUT2D eigenvalue weighted by Gasteiger charge is 2.28. The molecule has 0 spiro atoms. The number of ether oxygens (including phenoxy) is 1. The molecule has 0 radical (unpaired) electrons. The summed E-state index contributed by atoms with van der Waals surface area (Å²) in [7, 11) is 1.83. The minimum Gasteiger partial charge on any atom is -0.380 e. The third-order valence-corrected chi connectivity index (χ3v) is 3.54. The fraction of sp³-hybridized carbons (Fsp3) is 1.00. The van der Waals surface area contributed by atoms with Gasteiger partial charge in [0.1, 0.15) is 0 Å². The molecule has 1 fully saturated rings. The molecule has 0 bridgehead atoms. The van der Waals surface area contributed by atoms with E-state index in [2.05, 4.69) is 31.0 Å². The SMILES string of the molecule is CCNCC(C)N1CCC(C)C(OC)C1. The first-order chi connectivity index (χ1) is 7.19. The Hall–Kier alpha value is -0.120. The van der Waals surface area contributed by atoms with E-state index in [9.17, 15) is 0 Å². The van der Waals surface area contributed by atoms with Crippen molar-refractivity contribution in [2.45, 2.75) is 39.3 Å². The quantitative estimate of drug-likeness (QED) is 0.747. The average molecular weight is 214 g/mol. The van der Waals surface area contributed by atoms with Gasteiger partial charge in [-0.05, 0) is 32.4 Å². The lowest BCUT2D eigenvalue weighted by molar-refractivity contribution is -0.0163. The molecule has 1 rings (SSSR count). The highest BCUT2D eigenvalue weighted by molar-refractivity contribution is 4.82. The number of hydrogen-bond acceptors (Lipinski definition) is 3. The summed E-state index contributed by atoms with van der Waals surface area (Å²) in [6.07, 6.45) is 1.68. The number of hydrogen-bond donors (Lipinski definition) is 1. The van der Waals surface area contributed by atoms with Crippen LogP contribution in [0.15, 0.2) is 0 Å². The van der Waals surface area contributed by atoms with Crippen LogP contribution in [0.3, 0.4) is 0 Å². The predicted molar refractivity (Wildman–Crippen MR) is 64.2 cm³/mol. The molecule has 0 aromatic rings. The van der Waals surface area contributed by atoms with E-state index in [1.165, 1.54) is 13.0 Å². The van der Waals surface area contributed by atoms with Crippen molar-refractivity contribution in [3.63, 3.8) is 0 Å². The zero-order chi connectivity index (χ0) is 11.3. The summed E-state index contributed by atoms with van der Waals surface area (Å²) in [5, 5.41) is 3.41. The number of likely N-dealkylation sites (N-methyl/N-ethyl adjacent to an activating group) is 1. The summed E-state index contributed by atoms with van der Waals surface area (Å²) >= 11 is 0. The molecule has 3 nitrogen and oxygen atoms in total. The molecule has 0 aromatic heterocycles. The number of nitrogens with one attached hydrogen (secondary N) is 1. The topological polar surface area (TPSA) is 24.5 Å². The van der Waals surface area contributed by atoms with Gasteiger partial charge < -0.3 is 10.1 Å². The van der Waals surface area contributed by atoms with Crippen molar-refractivity contribution in [1.29, 1.82) is 0 Å². The van der Waals surface area contributed by atoms with Gasteiger partial charge in [-0.1, -0.05) is 13.8 Å². The highest BCUT2D eigenvalue weighted by atomic mass is 16.5. The van der Waals surface area contributed by atoms with Crippen LogP contribution >= 0.6 is 0 Å². The molecule has 0 amide bonds. The Morgan fingerprint density at radius 1 is 1.53 bits per heavy atom. The first-order valence-corrected chi connectivity index (χ1v) is 6.16. The van der Waals surface area contributed by atoms with Crippen molar-refractivity contribution in [3.8, 4) is 0 Å². The maximum atomic E-state index is 5.53. The number of nitrogens with zero attached hydrogens (tertiary/aromatic N) is 1. The highest BCUT2D eigenvalue weighted by Crippen LogP contribution is 2.20. The van der Waals surface area contributed by atoms with Gasteiger partial charge in [0, 0.05) is 26.2 Å². The van der Waals surface area contributed by atoms with Crippen LogP contribution < -0.4 is 5.32 Å². The van der Waals surface area contributed by atoms with Crippen molar-refractivity contribution in [1.82, 2.24) is 10.2 Å². The molecular weight excluding hydrogens is 188 g/mol. The maximum absolute atomic E-state index is 5.53. The van der Waals surface area contributed by atoms with Crippen molar-refractivity contribution in [2.24, 2.45) is 5.92 Å². The standard InChI is InChI=1S/C12H26N2O/c1-5-13-8-11(3)14-7-6-10(2)12(9-14)15-4/h10-13H,5-9H2,1-4H3. The Bertz CT molecular complexity index is 175. The Kier molecular flexibility index (Phi) is 5.58. The Labute approximate surface area is 94.2 Å². The van der Waals surface area contributed by atoms with E-state index in [-0.39, 0.29) is 0 Å². The minimum absolute atomic E-state index is 0.419. The average Bonchev–Trinajstić information content (AvgIpc) is 2.26. The van der Waals surface area contributed by atoms with E-state index in [1.54, 1.807) is 0 Å². The van der Waals surface area contributed by atoms with Crippen LogP contribution in [0.4, 0.5) is 0 Å². The van der Waals surface area contributed by atoms with Gasteiger partial charge in [0.2, 0.25) is 0 Å². The fourth-order valence-electron chi connectivity index (χ4n) is 2.25. The van der Waals surface area contributed by atoms with Gasteiger partial charge in [0.15, 0.2) is 0 Å². The van der Waals surface area contributed by atoms with Crippen LogP contribution in [0.2, 0.25) is 0 Å². The Balaban J connectivity index is 2.36. The van der Waals surface area contributed by atoms with Gasteiger partial charge in [-0.3, -0.25) is 4.90 Å². The molecule has 0 saturated carbocycles. The molecule has 3 heteroatoms. The zero-order valence-corrected chi connectivity index (χ0v) is 10.6. The van der Waals surface area contributed by atoms with Crippen molar-refractivity contribution < 1.29 is 4.74 Å². The van der Waals surface area contributed by atoms with Gasteiger partial charge in [-0.2, -0.15) is 0 Å². The van der Waals surface area contributed by atoms with E-state index < -0.39 is 0 Å². The monoisotopic (exact) mass is 214 g/mol. The normalized spacial score (nSPS) is 30.4. The van der Waals surface area contributed by atoms with E-state index >= 15 is 0 Å². The molecule has 1 N–H and O–H groups in total.